The van der Waals surface area contributed by atoms with E-state index in [1.54, 1.807) is 23.1 Å². The Balaban J connectivity index is 1.43. The van der Waals surface area contributed by atoms with Gasteiger partial charge in [0.25, 0.3) is 0 Å². The molecule has 2 bridgehead atoms. The number of carbonyl (C=O) groups excluding carboxylic acids is 2. The molecule has 1 aromatic rings. The van der Waals surface area contributed by atoms with E-state index in [0.29, 0.717) is 38.3 Å². The lowest BCUT2D eigenvalue weighted by atomic mass is 9.78. The topological polar surface area (TPSA) is 72.9 Å². The van der Waals surface area contributed by atoms with Crippen molar-refractivity contribution in [1.29, 1.82) is 0 Å². The van der Waals surface area contributed by atoms with Gasteiger partial charge < -0.3 is 24.4 Å². The number of halogens is 1. The van der Waals surface area contributed by atoms with Crippen LogP contribution >= 0.6 is 0 Å². The van der Waals surface area contributed by atoms with Crippen molar-refractivity contribution in [1.82, 2.24) is 4.90 Å². The van der Waals surface area contributed by atoms with Gasteiger partial charge in [-0.05, 0) is 25.0 Å². The smallest absolute Gasteiger partial charge is 0.229 e. The van der Waals surface area contributed by atoms with E-state index in [9.17, 15) is 19.1 Å². The maximum absolute atomic E-state index is 13.9. The molecule has 134 valence electrons. The van der Waals surface area contributed by atoms with Crippen LogP contribution < -0.4 is 10.0 Å². The lowest BCUT2D eigenvalue weighted by Crippen LogP contribution is -2.54. The first kappa shape index (κ1) is 16.3. The minimum atomic E-state index is -1.20. The number of carboxylic acids is 1. The van der Waals surface area contributed by atoms with Crippen molar-refractivity contribution < 1.29 is 23.8 Å². The van der Waals surface area contributed by atoms with E-state index in [2.05, 4.69) is 0 Å². The fourth-order valence-corrected chi connectivity index (χ4v) is 4.38. The van der Waals surface area contributed by atoms with Gasteiger partial charge in [0.15, 0.2) is 0 Å². The zero-order valence-corrected chi connectivity index (χ0v) is 13.8. The summed E-state index contributed by atoms with van der Waals surface area (Å²) in [4.78, 5) is 27.9. The van der Waals surface area contributed by atoms with E-state index in [4.69, 9.17) is 4.74 Å². The molecule has 3 aliphatic rings. The molecule has 0 N–H and O–H groups in total. The summed E-state index contributed by atoms with van der Waals surface area (Å²) in [6.07, 6.45) is 0.683. The standard InChI is InChI=1S/C18H21FN2O4/c19-11-3-1-2-4-12(11)20-7-9-21(10-8-20)17(22)15-13-5-6-14(25-13)16(15)18(23)24/h1-4,13-16H,5-10H2,(H,23,24)/p-1/t13-,14+,15-,16+/m1/s1. The van der Waals surface area contributed by atoms with Gasteiger partial charge in [-0.3, -0.25) is 4.79 Å². The van der Waals surface area contributed by atoms with Gasteiger partial charge in [-0.1, -0.05) is 12.1 Å². The van der Waals surface area contributed by atoms with Crippen LogP contribution in [0.4, 0.5) is 10.1 Å². The summed E-state index contributed by atoms with van der Waals surface area (Å²) in [7, 11) is 0. The first-order chi connectivity index (χ1) is 12.1. The number of rotatable bonds is 3. The van der Waals surface area contributed by atoms with Crippen molar-refractivity contribution in [3.63, 3.8) is 0 Å². The summed E-state index contributed by atoms with van der Waals surface area (Å²) in [5.74, 6) is -3.15. The molecule has 25 heavy (non-hydrogen) atoms. The minimum absolute atomic E-state index is 0.172. The number of anilines is 1. The highest BCUT2D eigenvalue weighted by Crippen LogP contribution is 2.44. The Kier molecular flexibility index (Phi) is 4.11. The van der Waals surface area contributed by atoms with Crippen LogP contribution in [-0.2, 0) is 14.3 Å². The molecular formula is C18H20FN2O4-. The fraction of sp³-hybridized carbons (Fsp3) is 0.556. The van der Waals surface area contributed by atoms with Crippen LogP contribution in [0.15, 0.2) is 24.3 Å². The molecule has 4 rings (SSSR count). The highest BCUT2D eigenvalue weighted by molar-refractivity contribution is 5.86. The Labute approximate surface area is 145 Å². The van der Waals surface area contributed by atoms with Gasteiger partial charge in [-0.25, -0.2) is 4.39 Å². The second-order valence-electron chi connectivity index (χ2n) is 6.92. The van der Waals surface area contributed by atoms with Crippen molar-refractivity contribution in [2.24, 2.45) is 11.8 Å². The Morgan fingerprint density at radius 2 is 1.68 bits per heavy atom. The Bertz CT molecular complexity index is 689. The first-order valence-electron chi connectivity index (χ1n) is 8.71. The molecule has 1 aromatic carbocycles. The molecular weight excluding hydrogens is 327 g/mol. The number of piperazine rings is 1. The molecule has 6 nitrogen and oxygen atoms in total. The van der Waals surface area contributed by atoms with Crippen LogP contribution in [0.5, 0.6) is 0 Å². The highest BCUT2D eigenvalue weighted by atomic mass is 19.1. The molecule has 0 saturated carbocycles. The molecule has 3 saturated heterocycles. The SMILES string of the molecule is O=C([O-])[C@@H]1[C@H](C(=O)N2CCN(c3ccccc3F)CC2)[C@H]2CC[C@@H]1O2. The van der Waals surface area contributed by atoms with E-state index in [0.717, 1.165) is 6.42 Å². The zero-order valence-electron chi connectivity index (χ0n) is 13.8. The van der Waals surface area contributed by atoms with Crippen LogP contribution in [0.3, 0.4) is 0 Å². The number of nitrogens with zero attached hydrogens (tertiary/aromatic N) is 2. The predicted molar refractivity (Wildman–Crippen MR) is 85.1 cm³/mol. The van der Waals surface area contributed by atoms with Gasteiger partial charge in [-0.2, -0.15) is 0 Å². The van der Waals surface area contributed by atoms with Crippen molar-refractivity contribution in [2.45, 2.75) is 25.0 Å². The van der Waals surface area contributed by atoms with E-state index in [1.807, 2.05) is 4.90 Å². The molecule has 0 radical (unpaired) electrons. The number of ether oxygens (including phenoxy) is 1. The maximum Gasteiger partial charge on any atom is 0.229 e. The van der Waals surface area contributed by atoms with Gasteiger partial charge in [-0.15, -0.1) is 0 Å². The monoisotopic (exact) mass is 347 g/mol. The summed E-state index contributed by atoms with van der Waals surface area (Å²) in [5, 5.41) is 11.5. The van der Waals surface area contributed by atoms with Crippen molar-refractivity contribution in [2.75, 3.05) is 31.1 Å². The average Bonchev–Trinajstić information content (AvgIpc) is 3.23. The molecule has 0 spiro atoms. The number of carbonyl (C=O) groups is 2. The van der Waals surface area contributed by atoms with Crippen molar-refractivity contribution in [3.8, 4) is 0 Å². The van der Waals surface area contributed by atoms with Crippen LogP contribution in [0.1, 0.15) is 12.8 Å². The Morgan fingerprint density at radius 3 is 2.32 bits per heavy atom. The summed E-state index contributed by atoms with van der Waals surface area (Å²) in [5.41, 5.74) is 0.533. The molecule has 3 fully saturated rings. The van der Waals surface area contributed by atoms with Gasteiger partial charge >= 0.3 is 0 Å². The Morgan fingerprint density at radius 1 is 1.04 bits per heavy atom. The lowest BCUT2D eigenvalue weighted by Gasteiger charge is -2.39. The predicted octanol–water partition coefficient (Wildman–Crippen LogP) is 0.0178. The van der Waals surface area contributed by atoms with Crippen LogP contribution in [-0.4, -0.2) is 55.2 Å². The highest BCUT2D eigenvalue weighted by Gasteiger charge is 2.53. The molecule has 3 heterocycles. The van der Waals surface area contributed by atoms with Gasteiger partial charge in [0.1, 0.15) is 5.82 Å². The summed E-state index contributed by atoms with van der Waals surface area (Å²) in [6.45, 7) is 1.93. The third-order valence-corrected chi connectivity index (χ3v) is 5.62. The average molecular weight is 347 g/mol. The number of amides is 1. The number of fused-ring (bicyclic) bond motifs is 2. The first-order valence-corrected chi connectivity index (χ1v) is 8.71. The lowest BCUT2D eigenvalue weighted by molar-refractivity contribution is -0.314. The molecule has 7 heteroatoms. The van der Waals surface area contributed by atoms with E-state index >= 15 is 0 Å². The number of benzene rings is 1. The summed E-state index contributed by atoms with van der Waals surface area (Å²) in [6, 6.07) is 6.58. The van der Waals surface area contributed by atoms with Gasteiger partial charge in [0.05, 0.1) is 23.8 Å². The zero-order chi connectivity index (χ0) is 17.6. The quantitative estimate of drug-likeness (QED) is 0.771. The van der Waals surface area contributed by atoms with Crippen LogP contribution in [0, 0.1) is 17.7 Å². The molecule has 0 aromatic heterocycles. The third kappa shape index (κ3) is 2.76. The van der Waals surface area contributed by atoms with Crippen LogP contribution in [0.25, 0.3) is 0 Å². The van der Waals surface area contributed by atoms with Gasteiger partial charge in [0.2, 0.25) is 5.91 Å². The Hall–Kier alpha value is -2.15. The molecule has 1 amide bonds. The molecule has 0 unspecified atom stereocenters. The molecule has 0 aliphatic carbocycles. The minimum Gasteiger partial charge on any atom is -0.550 e. The summed E-state index contributed by atoms with van der Waals surface area (Å²) >= 11 is 0. The van der Waals surface area contributed by atoms with E-state index in [-0.39, 0.29) is 17.8 Å². The summed E-state index contributed by atoms with van der Waals surface area (Å²) < 4.78 is 19.6. The second kappa shape index (κ2) is 6.29. The van der Waals surface area contributed by atoms with Gasteiger partial charge in [0, 0.05) is 38.1 Å². The molecule has 3 aliphatic heterocycles. The normalized spacial score (nSPS) is 31.4. The maximum atomic E-state index is 13.9. The van der Waals surface area contributed by atoms with Crippen molar-refractivity contribution in [3.05, 3.63) is 30.1 Å². The number of hydrogen-bond donors (Lipinski definition) is 0. The molecule has 4 atom stereocenters. The number of hydrogen-bond acceptors (Lipinski definition) is 5. The largest absolute Gasteiger partial charge is 0.550 e. The third-order valence-electron chi connectivity index (χ3n) is 5.62. The fourth-order valence-electron chi connectivity index (χ4n) is 4.38. The second-order valence-corrected chi connectivity index (χ2v) is 6.92. The number of aliphatic carboxylic acids is 1. The van der Waals surface area contributed by atoms with Crippen LogP contribution in [0.2, 0.25) is 0 Å². The number of para-hydroxylation sites is 1. The van der Waals surface area contributed by atoms with Crippen molar-refractivity contribution >= 4 is 17.6 Å². The number of carboxylic acid groups (broad SMARTS) is 1. The van der Waals surface area contributed by atoms with E-state index < -0.39 is 23.9 Å². The van der Waals surface area contributed by atoms with E-state index in [1.165, 1.54) is 6.07 Å².